The van der Waals surface area contributed by atoms with E-state index in [4.69, 9.17) is 14.1 Å². The summed E-state index contributed by atoms with van der Waals surface area (Å²) >= 11 is 0. The van der Waals surface area contributed by atoms with Crippen molar-refractivity contribution in [2.45, 2.75) is 32.1 Å². The fraction of sp³-hybridized carbons (Fsp3) is 0.381. The van der Waals surface area contributed by atoms with Crippen molar-refractivity contribution < 1.29 is 19.4 Å². The molecule has 1 aliphatic rings. The molecule has 0 radical (unpaired) electrons. The van der Waals surface area contributed by atoms with Gasteiger partial charge in [-0.3, -0.25) is 4.90 Å². The van der Waals surface area contributed by atoms with Gasteiger partial charge in [-0.25, -0.2) is 4.98 Å². The van der Waals surface area contributed by atoms with Crippen LogP contribution in [0.1, 0.15) is 17.9 Å². The monoisotopic (exact) mass is 368 g/mol. The fourth-order valence-electron chi connectivity index (χ4n) is 3.67. The van der Waals surface area contributed by atoms with Crippen LogP contribution >= 0.6 is 0 Å². The quantitative estimate of drug-likeness (QED) is 0.737. The first-order valence-electron chi connectivity index (χ1n) is 9.17. The highest BCUT2D eigenvalue weighted by molar-refractivity contribution is 5.98. The average molecular weight is 368 g/mol. The standard InChI is InChI=1S/C21H24N2O4/c1-13-17(11-23-10-9-18(24)19(25)12-23)22-21(27-13)16-7-8-20(26-2)15-6-4-3-5-14(15)16/h3-8,18-19,24-25H,9-12H2,1-2H3/t18-,19-/m0/s1. The summed E-state index contributed by atoms with van der Waals surface area (Å²) in [6, 6.07) is 11.9. The Morgan fingerprint density at radius 3 is 2.67 bits per heavy atom. The molecular weight excluding hydrogens is 344 g/mol. The van der Waals surface area contributed by atoms with Gasteiger partial charge >= 0.3 is 0 Å². The van der Waals surface area contributed by atoms with Gasteiger partial charge in [-0.1, -0.05) is 24.3 Å². The summed E-state index contributed by atoms with van der Waals surface area (Å²) in [5.41, 5.74) is 1.78. The lowest BCUT2D eigenvalue weighted by Crippen LogP contribution is -2.46. The molecule has 0 unspecified atom stereocenters. The van der Waals surface area contributed by atoms with Gasteiger partial charge in [-0.05, 0) is 30.9 Å². The Labute approximate surface area is 158 Å². The van der Waals surface area contributed by atoms with Gasteiger partial charge in [0.1, 0.15) is 11.5 Å². The van der Waals surface area contributed by atoms with E-state index in [1.807, 2.05) is 43.3 Å². The van der Waals surface area contributed by atoms with Gasteiger partial charge in [-0.2, -0.15) is 0 Å². The smallest absolute Gasteiger partial charge is 0.227 e. The summed E-state index contributed by atoms with van der Waals surface area (Å²) in [5.74, 6) is 2.17. The van der Waals surface area contributed by atoms with E-state index < -0.39 is 12.2 Å². The Morgan fingerprint density at radius 1 is 1.15 bits per heavy atom. The minimum absolute atomic E-state index is 0.439. The van der Waals surface area contributed by atoms with Crippen molar-refractivity contribution in [2.24, 2.45) is 0 Å². The third kappa shape index (κ3) is 3.43. The van der Waals surface area contributed by atoms with Crippen molar-refractivity contribution in [2.75, 3.05) is 20.2 Å². The molecule has 4 rings (SSSR count). The van der Waals surface area contributed by atoms with Crippen molar-refractivity contribution in [3.05, 3.63) is 47.9 Å². The highest BCUT2D eigenvalue weighted by Gasteiger charge is 2.27. The second kappa shape index (κ2) is 7.31. The van der Waals surface area contributed by atoms with Crippen molar-refractivity contribution in [3.63, 3.8) is 0 Å². The second-order valence-corrected chi connectivity index (χ2v) is 7.04. The number of likely N-dealkylation sites (tertiary alicyclic amines) is 1. The van der Waals surface area contributed by atoms with E-state index in [1.165, 1.54) is 0 Å². The second-order valence-electron chi connectivity index (χ2n) is 7.04. The van der Waals surface area contributed by atoms with Crippen LogP contribution in [-0.4, -0.2) is 52.5 Å². The highest BCUT2D eigenvalue weighted by Crippen LogP contribution is 2.34. The van der Waals surface area contributed by atoms with Crippen molar-refractivity contribution in [1.29, 1.82) is 0 Å². The molecule has 1 saturated heterocycles. The molecule has 0 amide bonds. The number of aliphatic hydroxyl groups is 2. The topological polar surface area (TPSA) is 79.0 Å². The highest BCUT2D eigenvalue weighted by atomic mass is 16.5. The Hall–Kier alpha value is -2.41. The third-order valence-electron chi connectivity index (χ3n) is 5.23. The molecule has 3 aromatic rings. The summed E-state index contributed by atoms with van der Waals surface area (Å²) in [6.45, 7) is 3.67. The van der Waals surface area contributed by atoms with Crippen LogP contribution in [-0.2, 0) is 6.54 Å². The normalized spacial score (nSPS) is 20.9. The lowest BCUT2D eigenvalue weighted by molar-refractivity contribution is -0.0406. The summed E-state index contributed by atoms with van der Waals surface area (Å²) in [7, 11) is 1.67. The molecule has 0 aliphatic carbocycles. The SMILES string of the molecule is COc1ccc(-c2nc(CN3CC[C@H](O)[C@@H](O)C3)c(C)o2)c2ccccc12. The van der Waals surface area contributed by atoms with Gasteiger partial charge in [0.25, 0.3) is 0 Å². The number of fused-ring (bicyclic) bond motifs is 1. The zero-order valence-corrected chi connectivity index (χ0v) is 15.6. The number of methoxy groups -OCH3 is 1. The molecule has 6 heteroatoms. The number of β-amino-alcohol motifs (C(OH)–C–C–N with tert-alkyl or cyclic N) is 1. The summed E-state index contributed by atoms with van der Waals surface area (Å²) < 4.78 is 11.4. The molecule has 2 atom stereocenters. The molecule has 1 aromatic heterocycles. The van der Waals surface area contributed by atoms with E-state index in [-0.39, 0.29) is 0 Å². The minimum atomic E-state index is -0.712. The number of aryl methyl sites for hydroxylation is 1. The number of ether oxygens (including phenoxy) is 1. The van der Waals surface area contributed by atoms with E-state index in [9.17, 15) is 10.2 Å². The lowest BCUT2D eigenvalue weighted by Gasteiger charge is -2.32. The number of hydrogen-bond acceptors (Lipinski definition) is 6. The first-order valence-corrected chi connectivity index (χ1v) is 9.17. The molecule has 1 fully saturated rings. The van der Waals surface area contributed by atoms with Crippen LogP contribution in [0.4, 0.5) is 0 Å². The maximum atomic E-state index is 9.90. The molecule has 2 aromatic carbocycles. The number of benzene rings is 2. The molecular formula is C21H24N2O4. The van der Waals surface area contributed by atoms with Gasteiger partial charge in [0.15, 0.2) is 0 Å². The van der Waals surface area contributed by atoms with Gasteiger partial charge < -0.3 is 19.4 Å². The number of nitrogens with zero attached hydrogens (tertiary/aromatic N) is 2. The first-order chi connectivity index (χ1) is 13.1. The fourth-order valence-corrected chi connectivity index (χ4v) is 3.67. The first kappa shape index (κ1) is 18.0. The van der Waals surface area contributed by atoms with Crippen LogP contribution in [0.3, 0.4) is 0 Å². The molecule has 0 saturated carbocycles. The Kier molecular flexibility index (Phi) is 4.86. The van der Waals surface area contributed by atoms with Gasteiger partial charge in [0, 0.05) is 30.6 Å². The van der Waals surface area contributed by atoms with Crippen LogP contribution in [0.5, 0.6) is 5.75 Å². The molecule has 6 nitrogen and oxygen atoms in total. The summed E-state index contributed by atoms with van der Waals surface area (Å²) in [5, 5.41) is 21.6. The summed E-state index contributed by atoms with van der Waals surface area (Å²) in [4.78, 5) is 6.83. The Balaban J connectivity index is 1.65. The van der Waals surface area contributed by atoms with E-state index in [0.717, 1.165) is 40.1 Å². The molecule has 2 N–H and O–H groups in total. The number of hydrogen-bond donors (Lipinski definition) is 2. The van der Waals surface area contributed by atoms with E-state index in [2.05, 4.69) is 4.90 Å². The Bertz CT molecular complexity index is 953. The van der Waals surface area contributed by atoms with E-state index in [0.29, 0.717) is 25.4 Å². The number of oxazole rings is 1. The zero-order chi connectivity index (χ0) is 19.0. The molecule has 0 spiro atoms. The number of aromatic nitrogens is 1. The van der Waals surface area contributed by atoms with Gasteiger partial charge in [0.2, 0.25) is 5.89 Å². The average Bonchev–Trinajstić information content (AvgIpc) is 3.04. The maximum Gasteiger partial charge on any atom is 0.227 e. The number of rotatable bonds is 4. The van der Waals surface area contributed by atoms with Gasteiger partial charge in [0.05, 0.1) is 25.0 Å². The van der Waals surface area contributed by atoms with Crippen LogP contribution in [0.15, 0.2) is 40.8 Å². The zero-order valence-electron chi connectivity index (χ0n) is 15.6. The van der Waals surface area contributed by atoms with Crippen molar-refractivity contribution in [3.8, 4) is 17.2 Å². The molecule has 2 heterocycles. The largest absolute Gasteiger partial charge is 0.496 e. The van der Waals surface area contributed by atoms with Crippen molar-refractivity contribution >= 4 is 10.8 Å². The summed E-state index contributed by atoms with van der Waals surface area (Å²) in [6.07, 6.45) is -0.787. The lowest BCUT2D eigenvalue weighted by atomic mass is 10.0. The molecule has 142 valence electrons. The van der Waals surface area contributed by atoms with Gasteiger partial charge in [-0.15, -0.1) is 0 Å². The van der Waals surface area contributed by atoms with Crippen LogP contribution in [0.25, 0.3) is 22.2 Å². The molecule has 1 aliphatic heterocycles. The number of aliphatic hydroxyl groups excluding tert-OH is 2. The predicted octanol–water partition coefficient (Wildman–Crippen LogP) is 2.74. The van der Waals surface area contributed by atoms with Crippen LogP contribution in [0.2, 0.25) is 0 Å². The maximum absolute atomic E-state index is 9.90. The van der Waals surface area contributed by atoms with Crippen LogP contribution in [0, 0.1) is 6.92 Å². The third-order valence-corrected chi connectivity index (χ3v) is 5.23. The predicted molar refractivity (Wildman–Crippen MR) is 103 cm³/mol. The van der Waals surface area contributed by atoms with Crippen LogP contribution < -0.4 is 4.74 Å². The Morgan fingerprint density at radius 2 is 1.93 bits per heavy atom. The minimum Gasteiger partial charge on any atom is -0.496 e. The molecule has 27 heavy (non-hydrogen) atoms. The van der Waals surface area contributed by atoms with E-state index in [1.54, 1.807) is 7.11 Å². The van der Waals surface area contributed by atoms with Crippen molar-refractivity contribution in [1.82, 2.24) is 9.88 Å². The number of piperidine rings is 1. The molecule has 0 bridgehead atoms. The van der Waals surface area contributed by atoms with E-state index >= 15 is 0 Å².